The molecule has 2 aliphatic heterocycles. The maximum absolute atomic E-state index is 12.8. The number of likely N-dealkylation sites (tertiary alicyclic amines) is 1. The number of nitrogens with zero attached hydrogens (tertiary/aromatic N) is 2. The molecule has 1 aromatic rings. The third-order valence-corrected chi connectivity index (χ3v) is 3.98. The lowest BCUT2D eigenvalue weighted by Crippen LogP contribution is -2.50. The van der Waals surface area contributed by atoms with E-state index in [0.29, 0.717) is 0 Å². The summed E-state index contributed by atoms with van der Waals surface area (Å²) in [5, 5.41) is 3.28. The molecule has 1 unspecified atom stereocenters. The number of piperazine rings is 1. The van der Waals surface area contributed by atoms with Crippen LogP contribution >= 0.6 is 0 Å². The number of hydrogen-bond acceptors (Lipinski definition) is 4. The molecule has 0 aromatic carbocycles. The zero-order chi connectivity index (χ0) is 13.1. The molecule has 2 saturated heterocycles. The van der Waals surface area contributed by atoms with E-state index >= 15 is 0 Å². The van der Waals surface area contributed by atoms with Gasteiger partial charge in [0.25, 0.3) is 0 Å². The van der Waals surface area contributed by atoms with Crippen molar-refractivity contribution >= 4 is 5.91 Å². The van der Waals surface area contributed by atoms with Gasteiger partial charge in [-0.1, -0.05) is 0 Å². The van der Waals surface area contributed by atoms with Gasteiger partial charge in [0, 0.05) is 26.2 Å². The normalized spacial score (nSPS) is 22.6. The third-order valence-electron chi connectivity index (χ3n) is 3.98. The Labute approximate surface area is 113 Å². The number of amides is 1. The Hall–Kier alpha value is -1.33. The highest BCUT2D eigenvalue weighted by molar-refractivity contribution is 5.82. The van der Waals surface area contributed by atoms with Gasteiger partial charge in [-0.3, -0.25) is 9.69 Å². The van der Waals surface area contributed by atoms with Gasteiger partial charge in [-0.15, -0.1) is 0 Å². The second-order valence-electron chi connectivity index (χ2n) is 5.24. The van der Waals surface area contributed by atoms with Crippen molar-refractivity contribution in [1.29, 1.82) is 0 Å². The third kappa shape index (κ3) is 2.67. The highest BCUT2D eigenvalue weighted by Crippen LogP contribution is 2.27. The standard InChI is InChI=1S/C14H21N3O2/c18-14(17-9-5-15-6-10-17)13(12-4-3-11-19-12)16-7-1-2-8-16/h3-4,11,13,15H,1-2,5-10H2. The summed E-state index contributed by atoms with van der Waals surface area (Å²) in [6, 6.07) is 3.56. The van der Waals surface area contributed by atoms with Crippen LogP contribution in [0.3, 0.4) is 0 Å². The summed E-state index contributed by atoms with van der Waals surface area (Å²) in [7, 11) is 0. The number of hydrogen-bond donors (Lipinski definition) is 1. The summed E-state index contributed by atoms with van der Waals surface area (Å²) in [5.41, 5.74) is 0. The van der Waals surface area contributed by atoms with Crippen LogP contribution in [0.4, 0.5) is 0 Å². The highest BCUT2D eigenvalue weighted by atomic mass is 16.3. The molecule has 1 atom stereocenters. The van der Waals surface area contributed by atoms with Crippen molar-refractivity contribution in [2.45, 2.75) is 18.9 Å². The molecule has 1 N–H and O–H groups in total. The van der Waals surface area contributed by atoms with Gasteiger partial charge in [0.2, 0.25) is 5.91 Å². The maximum Gasteiger partial charge on any atom is 0.247 e. The van der Waals surface area contributed by atoms with E-state index in [1.54, 1.807) is 6.26 Å². The molecule has 1 amide bonds. The summed E-state index contributed by atoms with van der Waals surface area (Å²) < 4.78 is 5.52. The molecule has 5 heteroatoms. The van der Waals surface area contributed by atoms with Gasteiger partial charge < -0.3 is 14.6 Å². The predicted molar refractivity (Wildman–Crippen MR) is 71.7 cm³/mol. The average Bonchev–Trinajstić information content (AvgIpc) is 3.13. The van der Waals surface area contributed by atoms with Crippen LogP contribution in [-0.2, 0) is 4.79 Å². The van der Waals surface area contributed by atoms with Crippen molar-refractivity contribution < 1.29 is 9.21 Å². The molecule has 0 spiro atoms. The first kappa shape index (κ1) is 12.7. The largest absolute Gasteiger partial charge is 0.467 e. The van der Waals surface area contributed by atoms with Gasteiger partial charge in [-0.25, -0.2) is 0 Å². The second kappa shape index (κ2) is 5.75. The summed E-state index contributed by atoms with van der Waals surface area (Å²) in [6.07, 6.45) is 4.00. The number of rotatable bonds is 3. The Morgan fingerprint density at radius 3 is 2.58 bits per heavy atom. The van der Waals surface area contributed by atoms with E-state index in [-0.39, 0.29) is 11.9 Å². The number of nitrogens with one attached hydrogen (secondary N) is 1. The topological polar surface area (TPSA) is 48.7 Å². The zero-order valence-corrected chi connectivity index (χ0v) is 11.2. The molecule has 3 heterocycles. The van der Waals surface area contributed by atoms with E-state index < -0.39 is 0 Å². The van der Waals surface area contributed by atoms with Gasteiger partial charge in [-0.2, -0.15) is 0 Å². The Kier molecular flexibility index (Phi) is 3.84. The Morgan fingerprint density at radius 1 is 1.21 bits per heavy atom. The molecule has 5 nitrogen and oxygen atoms in total. The number of furan rings is 1. The fourth-order valence-electron chi connectivity index (χ4n) is 2.96. The lowest BCUT2D eigenvalue weighted by atomic mass is 10.1. The van der Waals surface area contributed by atoms with Crippen LogP contribution in [0.25, 0.3) is 0 Å². The second-order valence-corrected chi connectivity index (χ2v) is 5.24. The first-order valence-corrected chi connectivity index (χ1v) is 7.13. The Balaban J connectivity index is 1.79. The van der Waals surface area contributed by atoms with Crippen molar-refractivity contribution in [2.24, 2.45) is 0 Å². The van der Waals surface area contributed by atoms with E-state index in [9.17, 15) is 4.79 Å². The summed E-state index contributed by atoms with van der Waals surface area (Å²) in [6.45, 7) is 5.34. The average molecular weight is 263 g/mol. The van der Waals surface area contributed by atoms with Crippen LogP contribution < -0.4 is 5.32 Å². The van der Waals surface area contributed by atoms with Gasteiger partial charge in [0.05, 0.1) is 6.26 Å². The van der Waals surface area contributed by atoms with Crippen LogP contribution in [0.1, 0.15) is 24.6 Å². The van der Waals surface area contributed by atoms with Crippen molar-refractivity contribution in [2.75, 3.05) is 39.3 Å². The van der Waals surface area contributed by atoms with Crippen molar-refractivity contribution in [3.63, 3.8) is 0 Å². The molecule has 0 aliphatic carbocycles. The van der Waals surface area contributed by atoms with Crippen LogP contribution in [-0.4, -0.2) is 55.0 Å². The van der Waals surface area contributed by atoms with Crippen molar-refractivity contribution in [1.82, 2.24) is 15.1 Å². The van der Waals surface area contributed by atoms with E-state index in [4.69, 9.17) is 4.42 Å². The zero-order valence-electron chi connectivity index (χ0n) is 11.2. The van der Waals surface area contributed by atoms with Crippen molar-refractivity contribution in [3.8, 4) is 0 Å². The monoisotopic (exact) mass is 263 g/mol. The van der Waals surface area contributed by atoms with Crippen molar-refractivity contribution in [3.05, 3.63) is 24.2 Å². The van der Waals surface area contributed by atoms with E-state index in [1.165, 1.54) is 12.8 Å². The van der Waals surface area contributed by atoms with Crippen LogP contribution in [0.15, 0.2) is 22.8 Å². The summed E-state index contributed by atoms with van der Waals surface area (Å²) in [5.74, 6) is 0.976. The van der Waals surface area contributed by atoms with Crippen LogP contribution in [0.2, 0.25) is 0 Å². The summed E-state index contributed by atoms with van der Waals surface area (Å²) in [4.78, 5) is 17.0. The van der Waals surface area contributed by atoms with E-state index in [1.807, 2.05) is 17.0 Å². The molecule has 104 valence electrons. The molecular formula is C14H21N3O2. The molecule has 2 fully saturated rings. The smallest absolute Gasteiger partial charge is 0.247 e. The predicted octanol–water partition coefficient (Wildman–Crippen LogP) is 0.848. The Bertz CT molecular complexity index is 406. The quantitative estimate of drug-likeness (QED) is 0.878. The first-order chi connectivity index (χ1) is 9.36. The molecular weight excluding hydrogens is 242 g/mol. The minimum atomic E-state index is -0.226. The van der Waals surface area contributed by atoms with E-state index in [2.05, 4.69) is 10.2 Å². The van der Waals surface area contributed by atoms with Gasteiger partial charge in [0.1, 0.15) is 11.8 Å². The van der Waals surface area contributed by atoms with Gasteiger partial charge in [-0.05, 0) is 38.1 Å². The SMILES string of the molecule is O=C(C(c1ccco1)N1CCCC1)N1CCNCC1. The lowest BCUT2D eigenvalue weighted by molar-refractivity contribution is -0.138. The van der Waals surface area contributed by atoms with Crippen LogP contribution in [0.5, 0.6) is 0 Å². The first-order valence-electron chi connectivity index (χ1n) is 7.13. The fraction of sp³-hybridized carbons (Fsp3) is 0.643. The van der Waals surface area contributed by atoms with E-state index in [0.717, 1.165) is 45.0 Å². The van der Waals surface area contributed by atoms with Gasteiger partial charge >= 0.3 is 0 Å². The maximum atomic E-state index is 12.8. The van der Waals surface area contributed by atoms with Gasteiger partial charge in [0.15, 0.2) is 0 Å². The fourth-order valence-corrected chi connectivity index (χ4v) is 2.96. The molecule has 3 rings (SSSR count). The number of carbonyl (C=O) groups excluding carboxylic acids is 1. The lowest BCUT2D eigenvalue weighted by Gasteiger charge is -2.33. The van der Waals surface area contributed by atoms with Crippen LogP contribution in [0, 0.1) is 0 Å². The highest BCUT2D eigenvalue weighted by Gasteiger charge is 2.35. The Morgan fingerprint density at radius 2 is 1.95 bits per heavy atom. The molecule has 0 bridgehead atoms. The minimum absolute atomic E-state index is 0.193. The molecule has 2 aliphatic rings. The molecule has 19 heavy (non-hydrogen) atoms. The minimum Gasteiger partial charge on any atom is -0.467 e. The molecule has 0 saturated carbocycles. The summed E-state index contributed by atoms with van der Waals surface area (Å²) >= 11 is 0. The molecule has 0 radical (unpaired) electrons. The number of carbonyl (C=O) groups is 1. The molecule has 1 aromatic heterocycles.